The molecule has 0 atom stereocenters. The number of fused-ring (bicyclic) bond motifs is 1. The molecule has 94 valence electrons. The molecule has 0 amide bonds. The quantitative estimate of drug-likeness (QED) is 0.829. The van der Waals surface area contributed by atoms with Gasteiger partial charge in [0.05, 0.1) is 13.2 Å². The monoisotopic (exact) mass is 235 g/mol. The van der Waals surface area contributed by atoms with Crippen LogP contribution in [0.5, 0.6) is 0 Å². The molecule has 1 aliphatic rings. The molecule has 3 heteroatoms. The lowest BCUT2D eigenvalue weighted by atomic mass is 9.90. The third-order valence-corrected chi connectivity index (χ3v) is 3.54. The summed E-state index contributed by atoms with van der Waals surface area (Å²) in [5.74, 6) is 0. The van der Waals surface area contributed by atoms with Gasteiger partial charge in [0.1, 0.15) is 0 Å². The highest BCUT2D eigenvalue weighted by Gasteiger charge is 2.28. The van der Waals surface area contributed by atoms with Crippen LogP contribution in [-0.4, -0.2) is 36.5 Å². The van der Waals surface area contributed by atoms with E-state index in [2.05, 4.69) is 23.1 Å². The molecule has 1 aromatic rings. The van der Waals surface area contributed by atoms with Crippen molar-refractivity contribution in [1.29, 1.82) is 0 Å². The van der Waals surface area contributed by atoms with E-state index < -0.39 is 5.41 Å². The molecule has 0 saturated carbocycles. The van der Waals surface area contributed by atoms with Gasteiger partial charge in [-0.15, -0.1) is 0 Å². The Labute approximate surface area is 103 Å². The Balaban J connectivity index is 2.19. The van der Waals surface area contributed by atoms with Crippen LogP contribution in [0.3, 0.4) is 0 Å². The summed E-state index contributed by atoms with van der Waals surface area (Å²) in [6, 6.07) is 8.41. The van der Waals surface area contributed by atoms with Crippen molar-refractivity contribution in [2.75, 3.05) is 31.2 Å². The van der Waals surface area contributed by atoms with Crippen molar-refractivity contribution in [2.24, 2.45) is 5.41 Å². The smallest absolute Gasteiger partial charge is 0.0523 e. The zero-order valence-electron chi connectivity index (χ0n) is 10.4. The zero-order chi connectivity index (χ0) is 12.3. The summed E-state index contributed by atoms with van der Waals surface area (Å²) in [7, 11) is 0. The van der Waals surface area contributed by atoms with Crippen LogP contribution in [0.2, 0.25) is 0 Å². The minimum absolute atomic E-state index is 0.0160. The zero-order valence-corrected chi connectivity index (χ0v) is 10.4. The first-order valence-electron chi connectivity index (χ1n) is 6.23. The summed E-state index contributed by atoms with van der Waals surface area (Å²) < 4.78 is 0. The molecule has 2 rings (SSSR count). The third-order valence-electron chi connectivity index (χ3n) is 3.54. The second-order valence-electron chi connectivity index (χ2n) is 5.28. The van der Waals surface area contributed by atoms with Gasteiger partial charge in [0.25, 0.3) is 0 Å². The van der Waals surface area contributed by atoms with Crippen molar-refractivity contribution in [3.8, 4) is 0 Å². The van der Waals surface area contributed by atoms with Crippen LogP contribution in [0, 0.1) is 5.41 Å². The van der Waals surface area contributed by atoms with Gasteiger partial charge in [0.15, 0.2) is 0 Å². The van der Waals surface area contributed by atoms with Gasteiger partial charge in [-0.1, -0.05) is 25.1 Å². The largest absolute Gasteiger partial charge is 0.396 e. The van der Waals surface area contributed by atoms with Gasteiger partial charge in [-0.3, -0.25) is 0 Å². The molecule has 0 aliphatic carbocycles. The highest BCUT2D eigenvalue weighted by Crippen LogP contribution is 2.29. The number of benzene rings is 1. The number of aliphatic hydroxyl groups is 2. The molecular weight excluding hydrogens is 214 g/mol. The Morgan fingerprint density at radius 3 is 2.65 bits per heavy atom. The molecule has 17 heavy (non-hydrogen) atoms. The maximum absolute atomic E-state index is 9.38. The minimum Gasteiger partial charge on any atom is -0.396 e. The fraction of sp³-hybridized carbons (Fsp3) is 0.571. The number of para-hydroxylation sites is 1. The lowest BCUT2D eigenvalue weighted by molar-refractivity contribution is 0.0751. The van der Waals surface area contributed by atoms with Gasteiger partial charge >= 0.3 is 0 Å². The number of hydrogen-bond donors (Lipinski definition) is 2. The van der Waals surface area contributed by atoms with Gasteiger partial charge in [-0.05, 0) is 24.5 Å². The summed E-state index contributed by atoms with van der Waals surface area (Å²) in [6.45, 7) is 3.66. The van der Waals surface area contributed by atoms with Crippen LogP contribution in [0.1, 0.15) is 18.9 Å². The molecule has 0 spiro atoms. The normalized spacial score (nSPS) is 15.8. The molecule has 1 aromatic carbocycles. The van der Waals surface area contributed by atoms with Crippen molar-refractivity contribution in [3.05, 3.63) is 29.8 Å². The first kappa shape index (κ1) is 12.4. The summed E-state index contributed by atoms with van der Waals surface area (Å²) in [5, 5.41) is 18.8. The van der Waals surface area contributed by atoms with E-state index in [4.69, 9.17) is 0 Å². The molecular formula is C14H21NO2. The van der Waals surface area contributed by atoms with Crippen LogP contribution in [0.25, 0.3) is 0 Å². The number of aliphatic hydroxyl groups excluding tert-OH is 2. The SMILES string of the molecule is CC(CO)(CO)CN1CCCc2ccccc21. The predicted octanol–water partition coefficient (Wildman–Crippen LogP) is 1.43. The Kier molecular flexibility index (Phi) is 3.69. The highest BCUT2D eigenvalue weighted by atomic mass is 16.3. The molecule has 0 unspecified atom stereocenters. The second kappa shape index (κ2) is 5.07. The van der Waals surface area contributed by atoms with Crippen LogP contribution in [-0.2, 0) is 6.42 Å². The first-order chi connectivity index (χ1) is 8.18. The maximum Gasteiger partial charge on any atom is 0.0523 e. The van der Waals surface area contributed by atoms with Crippen LogP contribution in [0.4, 0.5) is 5.69 Å². The van der Waals surface area contributed by atoms with Gasteiger partial charge in [0, 0.05) is 24.2 Å². The molecule has 2 N–H and O–H groups in total. The predicted molar refractivity (Wildman–Crippen MR) is 69.3 cm³/mol. The fourth-order valence-corrected chi connectivity index (χ4v) is 2.39. The van der Waals surface area contributed by atoms with Gasteiger partial charge in [0.2, 0.25) is 0 Å². The number of rotatable bonds is 4. The van der Waals surface area contributed by atoms with E-state index >= 15 is 0 Å². The molecule has 0 fully saturated rings. The van der Waals surface area contributed by atoms with Crippen LogP contribution < -0.4 is 4.90 Å². The first-order valence-corrected chi connectivity index (χ1v) is 6.23. The number of aryl methyl sites for hydroxylation is 1. The van der Waals surface area contributed by atoms with Crippen molar-refractivity contribution < 1.29 is 10.2 Å². The summed E-state index contributed by atoms with van der Waals surface area (Å²) in [6.07, 6.45) is 2.27. The summed E-state index contributed by atoms with van der Waals surface area (Å²) in [4.78, 5) is 2.28. The van der Waals surface area contributed by atoms with Gasteiger partial charge in [-0.2, -0.15) is 0 Å². The fourth-order valence-electron chi connectivity index (χ4n) is 2.39. The minimum atomic E-state index is -0.426. The van der Waals surface area contributed by atoms with Crippen molar-refractivity contribution in [2.45, 2.75) is 19.8 Å². The summed E-state index contributed by atoms with van der Waals surface area (Å²) in [5.41, 5.74) is 2.20. The van der Waals surface area contributed by atoms with E-state index in [1.54, 1.807) is 0 Å². The topological polar surface area (TPSA) is 43.7 Å². The molecule has 1 aliphatic heterocycles. The molecule has 1 heterocycles. The van der Waals surface area contributed by atoms with Crippen molar-refractivity contribution in [1.82, 2.24) is 0 Å². The average Bonchev–Trinajstić information content (AvgIpc) is 2.39. The molecule has 0 bridgehead atoms. The van der Waals surface area contributed by atoms with E-state index in [0.29, 0.717) is 6.54 Å². The maximum atomic E-state index is 9.38. The molecule has 0 saturated heterocycles. The van der Waals surface area contributed by atoms with E-state index in [1.165, 1.54) is 11.3 Å². The second-order valence-corrected chi connectivity index (χ2v) is 5.28. The Bertz CT molecular complexity index is 374. The Hall–Kier alpha value is -1.06. The molecule has 3 nitrogen and oxygen atoms in total. The highest BCUT2D eigenvalue weighted by molar-refractivity contribution is 5.55. The molecule has 0 radical (unpaired) electrons. The van der Waals surface area contributed by atoms with Crippen LogP contribution >= 0.6 is 0 Å². The van der Waals surface area contributed by atoms with E-state index in [-0.39, 0.29) is 13.2 Å². The van der Waals surface area contributed by atoms with Crippen molar-refractivity contribution >= 4 is 5.69 Å². The standard InChI is InChI=1S/C14H21NO2/c1-14(10-16,11-17)9-15-8-4-6-12-5-2-3-7-13(12)15/h2-3,5,7,16-17H,4,6,8-11H2,1H3. The Morgan fingerprint density at radius 2 is 1.94 bits per heavy atom. The number of nitrogens with zero attached hydrogens (tertiary/aromatic N) is 1. The van der Waals surface area contributed by atoms with Crippen LogP contribution in [0.15, 0.2) is 24.3 Å². The lowest BCUT2D eigenvalue weighted by Gasteiger charge is -2.37. The van der Waals surface area contributed by atoms with Crippen molar-refractivity contribution in [3.63, 3.8) is 0 Å². The van der Waals surface area contributed by atoms with Gasteiger partial charge in [-0.25, -0.2) is 0 Å². The average molecular weight is 235 g/mol. The van der Waals surface area contributed by atoms with Gasteiger partial charge < -0.3 is 15.1 Å². The van der Waals surface area contributed by atoms with E-state index in [0.717, 1.165) is 19.4 Å². The number of anilines is 1. The Morgan fingerprint density at radius 1 is 1.24 bits per heavy atom. The lowest BCUT2D eigenvalue weighted by Crippen LogP contribution is -2.42. The van der Waals surface area contributed by atoms with E-state index in [1.807, 2.05) is 13.0 Å². The molecule has 0 aromatic heterocycles. The van der Waals surface area contributed by atoms with E-state index in [9.17, 15) is 10.2 Å². The third kappa shape index (κ3) is 2.61. The summed E-state index contributed by atoms with van der Waals surface area (Å²) >= 11 is 0. The number of hydrogen-bond acceptors (Lipinski definition) is 3.